The van der Waals surface area contributed by atoms with Crippen molar-refractivity contribution in [1.29, 1.82) is 0 Å². The van der Waals surface area contributed by atoms with E-state index in [-0.39, 0.29) is 13.5 Å². The maximum absolute atomic E-state index is 5.57. The topological polar surface area (TPSA) is 67.3 Å². The van der Waals surface area contributed by atoms with Gasteiger partial charge in [0, 0.05) is 24.0 Å². The number of hydrazine groups is 1. The van der Waals surface area contributed by atoms with Gasteiger partial charge in [-0.05, 0) is 90.5 Å². The van der Waals surface area contributed by atoms with Crippen LogP contribution in [0.25, 0.3) is 0 Å². The normalized spacial score (nSPS) is 19.2. The van der Waals surface area contributed by atoms with Crippen molar-refractivity contribution in [3.8, 4) is 0 Å². The van der Waals surface area contributed by atoms with Crippen molar-refractivity contribution in [3.63, 3.8) is 0 Å². The molecular weight excluding hydrogens is 609 g/mol. The van der Waals surface area contributed by atoms with Crippen molar-refractivity contribution in [1.82, 2.24) is 10.4 Å². The summed E-state index contributed by atoms with van der Waals surface area (Å²) in [6.07, 6.45) is 42.5. The molecule has 292 valence electrons. The lowest BCUT2D eigenvalue weighted by atomic mass is 9.76. The second-order valence-electron chi connectivity index (χ2n) is 13.6. The van der Waals surface area contributed by atoms with Gasteiger partial charge in [-0.1, -0.05) is 173 Å². The van der Waals surface area contributed by atoms with E-state index in [1.165, 1.54) is 120 Å². The largest absolute Gasteiger partial charge is 0.330 e. The highest BCUT2D eigenvalue weighted by molar-refractivity contribution is 5.24. The molecule has 4 nitrogen and oxygen atoms in total. The minimum atomic E-state index is 0. The minimum Gasteiger partial charge on any atom is -0.330 e. The summed E-state index contributed by atoms with van der Waals surface area (Å²) in [6, 6.07) is 0.769. The van der Waals surface area contributed by atoms with E-state index in [4.69, 9.17) is 11.5 Å². The van der Waals surface area contributed by atoms with Gasteiger partial charge in [0.25, 0.3) is 0 Å². The Morgan fingerprint density at radius 2 is 1.60 bits per heavy atom. The van der Waals surface area contributed by atoms with Crippen molar-refractivity contribution in [2.45, 2.75) is 190 Å². The number of nitrogens with two attached hydrogens (primary N) is 2. The number of rotatable bonds is 18. The molecule has 0 bridgehead atoms. The first-order valence-electron chi connectivity index (χ1n) is 20.4. The first-order chi connectivity index (χ1) is 23.8. The third kappa shape index (κ3) is 27.4. The lowest BCUT2D eigenvalue weighted by Gasteiger charge is -2.39. The number of nitrogens with zero attached hydrogens (tertiary/aromatic N) is 1. The van der Waals surface area contributed by atoms with E-state index in [1.807, 2.05) is 33.0 Å². The van der Waals surface area contributed by atoms with Crippen molar-refractivity contribution < 1.29 is 0 Å². The van der Waals surface area contributed by atoms with Crippen LogP contribution in [0.2, 0.25) is 0 Å². The highest BCUT2D eigenvalue weighted by atomic mass is 15.5. The lowest BCUT2D eigenvalue weighted by Crippen LogP contribution is -2.42. The maximum Gasteiger partial charge on any atom is 0.0472 e. The van der Waals surface area contributed by atoms with Crippen molar-refractivity contribution in [3.05, 3.63) is 84.8 Å². The summed E-state index contributed by atoms with van der Waals surface area (Å²) in [5, 5.41) is 2.42. The highest BCUT2D eigenvalue weighted by Gasteiger charge is 2.29. The Balaban J connectivity index is -0.000000783. The van der Waals surface area contributed by atoms with Gasteiger partial charge in [-0.3, -0.25) is 5.01 Å². The monoisotopic (exact) mass is 697 g/mol. The van der Waals surface area contributed by atoms with Crippen LogP contribution in [0.1, 0.15) is 178 Å². The molecule has 0 aromatic carbocycles. The fraction of sp³-hybridized carbons (Fsp3) is 0.696. The fourth-order valence-corrected chi connectivity index (χ4v) is 6.28. The van der Waals surface area contributed by atoms with Crippen LogP contribution in [0.15, 0.2) is 84.8 Å². The third-order valence-electron chi connectivity index (χ3n) is 9.05. The molecule has 4 heteroatoms. The number of hydrogen-bond donors (Lipinski definition) is 3. The van der Waals surface area contributed by atoms with Crippen LogP contribution < -0.4 is 16.9 Å². The van der Waals surface area contributed by atoms with E-state index in [9.17, 15) is 0 Å². The van der Waals surface area contributed by atoms with Crippen LogP contribution in [0.3, 0.4) is 0 Å². The summed E-state index contributed by atoms with van der Waals surface area (Å²) < 4.78 is 0. The van der Waals surface area contributed by atoms with Gasteiger partial charge in [-0.2, -0.15) is 0 Å². The number of nitrogens with one attached hydrogen (secondary N) is 1. The molecule has 50 heavy (non-hydrogen) atoms. The molecule has 3 aliphatic carbocycles. The van der Waals surface area contributed by atoms with Crippen LogP contribution in [-0.4, -0.2) is 23.6 Å². The third-order valence-corrected chi connectivity index (χ3v) is 9.05. The average Bonchev–Trinajstić information content (AvgIpc) is 3.13. The highest BCUT2D eigenvalue weighted by Crippen LogP contribution is 2.39. The van der Waals surface area contributed by atoms with E-state index in [2.05, 4.69) is 94.7 Å². The minimum absolute atomic E-state index is 0. The van der Waals surface area contributed by atoms with Crippen LogP contribution >= 0.6 is 0 Å². The van der Waals surface area contributed by atoms with Crippen molar-refractivity contribution in [2.24, 2.45) is 23.3 Å². The second kappa shape index (κ2) is 37.9. The Morgan fingerprint density at radius 1 is 0.980 bits per heavy atom. The summed E-state index contributed by atoms with van der Waals surface area (Å²) in [4.78, 5) is 0. The predicted molar refractivity (Wildman–Crippen MR) is 231 cm³/mol. The maximum atomic E-state index is 5.57. The number of hydrogen-bond acceptors (Lipinski definition) is 4. The molecule has 3 rings (SSSR count). The Hall–Kier alpha value is -2.30. The van der Waals surface area contributed by atoms with Crippen LogP contribution in [0.5, 0.6) is 0 Å². The molecule has 0 radical (unpaired) electrons. The summed E-state index contributed by atoms with van der Waals surface area (Å²) in [5.74, 6) is 1.41. The summed E-state index contributed by atoms with van der Waals surface area (Å²) in [5.41, 5.74) is 18.9. The smallest absolute Gasteiger partial charge is 0.0472 e. The Kier molecular flexibility index (Phi) is 39.5. The van der Waals surface area contributed by atoms with E-state index >= 15 is 0 Å². The Morgan fingerprint density at radius 3 is 2.12 bits per heavy atom. The zero-order valence-corrected chi connectivity index (χ0v) is 34.0. The molecule has 0 spiro atoms. The van der Waals surface area contributed by atoms with Gasteiger partial charge in [-0.25, -0.2) is 0 Å². The molecule has 0 amide bonds. The molecule has 5 N–H and O–H groups in total. The molecule has 0 aliphatic heterocycles. The van der Waals surface area contributed by atoms with E-state index < -0.39 is 0 Å². The SMILES string of the molecule is C.C=CC.C=CNN(C1=C[C@H](CCCC)CC(C2=CC=CCC2)C1)[C@@H](C)CCCCC.CC.CC1=CCC(N)C=C1.CCCCCCCCN. The fourth-order valence-electron chi connectivity index (χ4n) is 6.28. The van der Waals surface area contributed by atoms with Gasteiger partial charge in [0.1, 0.15) is 0 Å². The number of allylic oxidation sites excluding steroid dienone is 9. The van der Waals surface area contributed by atoms with Crippen LogP contribution in [-0.2, 0) is 0 Å². The van der Waals surface area contributed by atoms with E-state index in [0.29, 0.717) is 17.9 Å². The van der Waals surface area contributed by atoms with Gasteiger partial charge in [-0.15, -0.1) is 6.58 Å². The molecular formula is C46H88N4. The van der Waals surface area contributed by atoms with Gasteiger partial charge in [0.05, 0.1) is 0 Å². The number of unbranched alkanes of at least 4 members (excludes halogenated alkanes) is 8. The van der Waals surface area contributed by atoms with Gasteiger partial charge >= 0.3 is 0 Å². The predicted octanol–water partition coefficient (Wildman–Crippen LogP) is 13.7. The molecule has 0 fully saturated rings. The Bertz CT molecular complexity index is 918. The average molecular weight is 697 g/mol. The molecule has 4 atom stereocenters. The van der Waals surface area contributed by atoms with Gasteiger partial charge in [0.2, 0.25) is 0 Å². The molecule has 0 heterocycles. The molecule has 0 saturated heterocycles. The van der Waals surface area contributed by atoms with Crippen LogP contribution in [0, 0.1) is 11.8 Å². The van der Waals surface area contributed by atoms with Gasteiger partial charge < -0.3 is 16.9 Å². The van der Waals surface area contributed by atoms with Crippen molar-refractivity contribution in [2.75, 3.05) is 6.54 Å². The molecule has 3 aliphatic rings. The first-order valence-corrected chi connectivity index (χ1v) is 20.4. The Labute approximate surface area is 314 Å². The second-order valence-corrected chi connectivity index (χ2v) is 13.6. The molecule has 0 aromatic rings. The lowest BCUT2D eigenvalue weighted by molar-refractivity contribution is 0.180. The van der Waals surface area contributed by atoms with Crippen LogP contribution in [0.4, 0.5) is 0 Å². The van der Waals surface area contributed by atoms with E-state index in [1.54, 1.807) is 11.6 Å². The molecule has 0 aromatic heterocycles. The quantitative estimate of drug-likeness (QED) is 0.0758. The summed E-state index contributed by atoms with van der Waals surface area (Å²) in [7, 11) is 0. The zero-order chi connectivity index (χ0) is 37.1. The molecule has 2 unspecified atom stereocenters. The van der Waals surface area contributed by atoms with Gasteiger partial charge in [0.15, 0.2) is 0 Å². The van der Waals surface area contributed by atoms with Crippen molar-refractivity contribution >= 4 is 0 Å². The zero-order valence-electron chi connectivity index (χ0n) is 34.0. The summed E-state index contributed by atoms with van der Waals surface area (Å²) >= 11 is 0. The molecule has 0 saturated carbocycles. The summed E-state index contributed by atoms with van der Waals surface area (Å²) in [6.45, 7) is 25.3. The van der Waals surface area contributed by atoms with E-state index in [0.717, 1.165) is 13.0 Å². The first kappa shape index (κ1) is 52.1. The standard InChI is InChI=1S/C25H42N2.C8H19N.C7H11N.C3H6.C2H6.CH4/c1-5-8-11-14-21(4)27(26-7-3)25-19-22(15-9-6-2)18-24(20-25)23-16-12-10-13-17-23;1-2-3-4-5-6-7-8-9;1-6-2-4-7(8)5-3-6;1-3-2;1-2;/h7,10,12,16,19,21-22,24,26H,3,5-6,8-9,11,13-15,17-18,20H2,1-2,4H3;2-9H2,1H3;2-4,7H,5,8H2,1H3;3H,1H2,2H3;1-2H3;1H4/t21-,22+,24?;;;;;/m0...../s1.